The molecule has 6 heteroatoms. The molecule has 122 valence electrons. The standard InChI is InChI=1S/C16H24N2O3S/c1-11-12(2)22-15(18-11)16(3,4)17-8-13(19)9-20-10-14-6-5-7-21-14/h5-7,13,17,19H,8-10H2,1-4H3. The molecule has 0 fully saturated rings. The average molecular weight is 324 g/mol. The van der Waals surface area contributed by atoms with Crippen LogP contribution >= 0.6 is 11.3 Å². The van der Waals surface area contributed by atoms with E-state index in [4.69, 9.17) is 9.15 Å². The Balaban J connectivity index is 1.75. The first-order valence-electron chi connectivity index (χ1n) is 7.36. The molecule has 0 bridgehead atoms. The largest absolute Gasteiger partial charge is 0.467 e. The number of aromatic nitrogens is 1. The van der Waals surface area contributed by atoms with Gasteiger partial charge in [-0.1, -0.05) is 0 Å². The van der Waals surface area contributed by atoms with Crippen LogP contribution in [-0.2, 0) is 16.9 Å². The predicted molar refractivity (Wildman–Crippen MR) is 87.0 cm³/mol. The van der Waals surface area contributed by atoms with Crippen molar-refractivity contribution in [3.8, 4) is 0 Å². The van der Waals surface area contributed by atoms with Crippen LogP contribution < -0.4 is 5.32 Å². The normalized spacial score (nSPS) is 13.5. The van der Waals surface area contributed by atoms with Gasteiger partial charge in [0.1, 0.15) is 17.4 Å². The second kappa shape index (κ2) is 7.37. The van der Waals surface area contributed by atoms with Crippen LogP contribution in [0.4, 0.5) is 0 Å². The molecule has 0 saturated carbocycles. The summed E-state index contributed by atoms with van der Waals surface area (Å²) in [5.41, 5.74) is 0.795. The number of hydrogen-bond acceptors (Lipinski definition) is 6. The van der Waals surface area contributed by atoms with Crippen LogP contribution in [0.2, 0.25) is 0 Å². The van der Waals surface area contributed by atoms with Crippen molar-refractivity contribution < 1.29 is 14.3 Å². The van der Waals surface area contributed by atoms with E-state index in [9.17, 15) is 5.11 Å². The quantitative estimate of drug-likeness (QED) is 0.781. The molecule has 2 heterocycles. The van der Waals surface area contributed by atoms with E-state index < -0.39 is 6.10 Å². The Hall–Kier alpha value is -1.21. The van der Waals surface area contributed by atoms with Gasteiger partial charge in [0.2, 0.25) is 0 Å². The number of rotatable bonds is 8. The van der Waals surface area contributed by atoms with Crippen LogP contribution in [0.3, 0.4) is 0 Å². The van der Waals surface area contributed by atoms with Crippen LogP contribution in [0.15, 0.2) is 22.8 Å². The number of aliphatic hydroxyl groups excluding tert-OH is 1. The maximum atomic E-state index is 10.0. The minimum Gasteiger partial charge on any atom is -0.467 e. The van der Waals surface area contributed by atoms with Gasteiger partial charge in [-0.3, -0.25) is 0 Å². The van der Waals surface area contributed by atoms with Crippen LogP contribution in [0.1, 0.15) is 35.2 Å². The van der Waals surface area contributed by atoms with Gasteiger partial charge in [-0.25, -0.2) is 4.98 Å². The third-order valence-corrected chi connectivity index (χ3v) is 4.87. The Morgan fingerprint density at radius 2 is 2.23 bits per heavy atom. The third-order valence-electron chi connectivity index (χ3n) is 3.48. The summed E-state index contributed by atoms with van der Waals surface area (Å²) in [6.45, 7) is 9.32. The molecule has 0 amide bonds. The molecule has 5 nitrogen and oxygen atoms in total. The predicted octanol–water partition coefficient (Wildman–Crippen LogP) is 2.76. The van der Waals surface area contributed by atoms with E-state index in [2.05, 4.69) is 31.1 Å². The van der Waals surface area contributed by atoms with E-state index >= 15 is 0 Å². The molecule has 2 N–H and O–H groups in total. The zero-order valence-electron chi connectivity index (χ0n) is 13.5. The molecule has 0 radical (unpaired) electrons. The van der Waals surface area contributed by atoms with Gasteiger partial charge in [0.25, 0.3) is 0 Å². The summed E-state index contributed by atoms with van der Waals surface area (Å²) in [4.78, 5) is 5.82. The van der Waals surface area contributed by atoms with Crippen LogP contribution in [-0.4, -0.2) is 29.3 Å². The lowest BCUT2D eigenvalue weighted by molar-refractivity contribution is 0.0197. The number of thiazole rings is 1. The van der Waals surface area contributed by atoms with E-state index in [1.165, 1.54) is 4.88 Å². The minimum atomic E-state index is -0.573. The first-order chi connectivity index (χ1) is 10.4. The molecule has 1 unspecified atom stereocenters. The number of aryl methyl sites for hydroxylation is 2. The molecule has 2 aromatic heterocycles. The van der Waals surface area contributed by atoms with Gasteiger partial charge in [0.15, 0.2) is 0 Å². The van der Waals surface area contributed by atoms with Gasteiger partial charge in [-0.05, 0) is 39.8 Å². The molecule has 22 heavy (non-hydrogen) atoms. The fourth-order valence-electron chi connectivity index (χ4n) is 1.94. The van der Waals surface area contributed by atoms with Gasteiger partial charge in [0.05, 0.1) is 30.2 Å². The fourth-order valence-corrected chi connectivity index (χ4v) is 2.93. The average Bonchev–Trinajstić information content (AvgIpc) is 3.08. The number of nitrogens with zero attached hydrogens (tertiary/aromatic N) is 1. The molecule has 1 atom stereocenters. The highest BCUT2D eigenvalue weighted by atomic mass is 32.1. The summed E-state index contributed by atoms with van der Waals surface area (Å²) >= 11 is 1.69. The summed E-state index contributed by atoms with van der Waals surface area (Å²) in [6, 6.07) is 3.66. The molecule has 0 aliphatic rings. The Morgan fingerprint density at radius 3 is 2.82 bits per heavy atom. The maximum Gasteiger partial charge on any atom is 0.129 e. The molecule has 2 rings (SSSR count). The molecule has 0 spiro atoms. The molecule has 2 aromatic rings. The molecule has 0 aromatic carbocycles. The summed E-state index contributed by atoms with van der Waals surface area (Å²) in [6.07, 6.45) is 1.04. The van der Waals surface area contributed by atoms with E-state index in [1.54, 1.807) is 17.6 Å². The lowest BCUT2D eigenvalue weighted by Gasteiger charge is -2.25. The van der Waals surface area contributed by atoms with Gasteiger partial charge in [0, 0.05) is 11.4 Å². The van der Waals surface area contributed by atoms with Crippen molar-refractivity contribution in [2.75, 3.05) is 13.2 Å². The Bertz CT molecular complexity index is 559. The molecular formula is C16H24N2O3S. The van der Waals surface area contributed by atoms with Crippen molar-refractivity contribution in [1.29, 1.82) is 0 Å². The summed E-state index contributed by atoms with van der Waals surface area (Å²) in [5, 5.41) is 14.4. The van der Waals surface area contributed by atoms with Crippen molar-refractivity contribution in [2.24, 2.45) is 0 Å². The molecular weight excluding hydrogens is 300 g/mol. The summed E-state index contributed by atoms with van der Waals surface area (Å²) in [5.74, 6) is 0.759. The van der Waals surface area contributed by atoms with E-state index in [1.807, 2.05) is 19.1 Å². The van der Waals surface area contributed by atoms with Crippen molar-refractivity contribution in [2.45, 2.75) is 45.9 Å². The smallest absolute Gasteiger partial charge is 0.129 e. The first-order valence-corrected chi connectivity index (χ1v) is 8.18. The number of aliphatic hydroxyl groups is 1. The highest BCUT2D eigenvalue weighted by Crippen LogP contribution is 2.27. The van der Waals surface area contributed by atoms with Gasteiger partial charge < -0.3 is 19.6 Å². The maximum absolute atomic E-state index is 10.0. The third kappa shape index (κ3) is 4.64. The minimum absolute atomic E-state index is 0.264. The van der Waals surface area contributed by atoms with Crippen molar-refractivity contribution >= 4 is 11.3 Å². The molecule has 0 aliphatic heterocycles. The zero-order chi connectivity index (χ0) is 16.2. The zero-order valence-corrected chi connectivity index (χ0v) is 14.4. The number of hydrogen-bond donors (Lipinski definition) is 2. The van der Waals surface area contributed by atoms with E-state index in [-0.39, 0.29) is 12.1 Å². The second-order valence-electron chi connectivity index (χ2n) is 5.91. The topological polar surface area (TPSA) is 67.5 Å². The number of nitrogens with one attached hydrogen (secondary N) is 1. The van der Waals surface area contributed by atoms with Gasteiger partial charge >= 0.3 is 0 Å². The lowest BCUT2D eigenvalue weighted by Crippen LogP contribution is -2.42. The highest BCUT2D eigenvalue weighted by Gasteiger charge is 2.25. The molecule has 0 aliphatic carbocycles. The summed E-state index contributed by atoms with van der Waals surface area (Å²) in [7, 11) is 0. The van der Waals surface area contributed by atoms with Gasteiger partial charge in [-0.2, -0.15) is 0 Å². The van der Waals surface area contributed by atoms with Crippen molar-refractivity contribution in [1.82, 2.24) is 10.3 Å². The lowest BCUT2D eigenvalue weighted by atomic mass is 10.1. The van der Waals surface area contributed by atoms with Crippen molar-refractivity contribution in [3.05, 3.63) is 39.7 Å². The van der Waals surface area contributed by atoms with Crippen LogP contribution in [0.5, 0.6) is 0 Å². The van der Waals surface area contributed by atoms with Crippen molar-refractivity contribution in [3.63, 3.8) is 0 Å². The second-order valence-corrected chi connectivity index (χ2v) is 7.12. The number of furan rings is 1. The van der Waals surface area contributed by atoms with Crippen LogP contribution in [0.25, 0.3) is 0 Å². The monoisotopic (exact) mass is 324 g/mol. The first kappa shape index (κ1) is 17.1. The SMILES string of the molecule is Cc1nc(C(C)(C)NCC(O)COCc2ccco2)sc1C. The van der Waals surface area contributed by atoms with Crippen LogP contribution in [0, 0.1) is 13.8 Å². The fraction of sp³-hybridized carbons (Fsp3) is 0.562. The molecule has 0 saturated heterocycles. The Kier molecular flexibility index (Phi) is 5.74. The Morgan fingerprint density at radius 1 is 1.45 bits per heavy atom. The van der Waals surface area contributed by atoms with E-state index in [0.717, 1.165) is 16.5 Å². The number of ether oxygens (including phenoxy) is 1. The highest BCUT2D eigenvalue weighted by molar-refractivity contribution is 7.11. The van der Waals surface area contributed by atoms with Gasteiger partial charge in [-0.15, -0.1) is 11.3 Å². The van der Waals surface area contributed by atoms with E-state index in [0.29, 0.717) is 13.2 Å². The summed E-state index contributed by atoms with van der Waals surface area (Å²) < 4.78 is 10.6. The Labute approximate surface area is 135 Å².